The van der Waals surface area contributed by atoms with Gasteiger partial charge in [-0.3, -0.25) is 4.79 Å². The number of hydrogen-bond donors (Lipinski definition) is 2. The molecular formula is C7H15ClN2O. The summed E-state index contributed by atoms with van der Waals surface area (Å²) in [4.78, 5) is 10.8. The summed E-state index contributed by atoms with van der Waals surface area (Å²) in [6.07, 6.45) is 0. The monoisotopic (exact) mass is 178 g/mol. The summed E-state index contributed by atoms with van der Waals surface area (Å²) in [5, 5.41) is 5.60. The van der Waals surface area contributed by atoms with Gasteiger partial charge in [0, 0.05) is 18.7 Å². The molecule has 0 aromatic carbocycles. The summed E-state index contributed by atoms with van der Waals surface area (Å²) in [6, 6.07) is 0. The van der Waals surface area contributed by atoms with Gasteiger partial charge in [0.25, 0.3) is 0 Å². The van der Waals surface area contributed by atoms with Crippen molar-refractivity contribution in [1.29, 1.82) is 0 Å². The molecule has 0 saturated carbocycles. The Morgan fingerprint density at radius 3 is 2.36 bits per heavy atom. The van der Waals surface area contributed by atoms with Gasteiger partial charge in [-0.25, -0.2) is 0 Å². The molecule has 0 spiro atoms. The number of halogens is 1. The average Bonchev–Trinajstić information content (AvgIpc) is 1.88. The quantitative estimate of drug-likeness (QED) is 0.481. The van der Waals surface area contributed by atoms with Crippen LogP contribution in [0, 0.1) is 0 Å². The largest absolute Gasteiger partial charge is 0.351 e. The summed E-state index contributed by atoms with van der Waals surface area (Å²) >= 11 is 0. The van der Waals surface area contributed by atoms with Crippen LogP contribution in [0.15, 0.2) is 12.2 Å². The maximum Gasteiger partial charge on any atom is 0.246 e. The van der Waals surface area contributed by atoms with Crippen LogP contribution in [0.2, 0.25) is 0 Å². The molecule has 0 unspecified atom stereocenters. The minimum Gasteiger partial charge on any atom is -0.351 e. The molecule has 66 valence electrons. The summed E-state index contributed by atoms with van der Waals surface area (Å²) in [6.45, 7) is 6.64. The Bertz CT molecular complexity index is 136. The van der Waals surface area contributed by atoms with Crippen LogP contribution in [0.1, 0.15) is 6.92 Å². The van der Waals surface area contributed by atoms with Crippen LogP contribution >= 0.6 is 12.4 Å². The molecule has 0 aliphatic heterocycles. The number of rotatable bonds is 4. The number of carbonyl (C=O) groups excluding carboxylic acids is 1. The van der Waals surface area contributed by atoms with E-state index in [1.54, 1.807) is 6.92 Å². The Balaban J connectivity index is 0. The van der Waals surface area contributed by atoms with Crippen molar-refractivity contribution in [1.82, 2.24) is 10.6 Å². The highest BCUT2D eigenvalue weighted by molar-refractivity contribution is 5.92. The molecule has 0 fully saturated rings. The van der Waals surface area contributed by atoms with Gasteiger partial charge in [0.15, 0.2) is 0 Å². The van der Waals surface area contributed by atoms with Gasteiger partial charge in [-0.2, -0.15) is 0 Å². The molecule has 0 aliphatic rings. The van der Waals surface area contributed by atoms with Gasteiger partial charge in [-0.15, -0.1) is 12.4 Å². The van der Waals surface area contributed by atoms with Crippen LogP contribution in [0.5, 0.6) is 0 Å². The standard InChI is InChI=1S/C7H14N2O.ClH/c1-6(2)7(10)9-5-4-8-3;/h8H,1,4-5H2,2-3H3,(H,9,10);1H. The van der Waals surface area contributed by atoms with Gasteiger partial charge in [-0.05, 0) is 14.0 Å². The van der Waals surface area contributed by atoms with Crippen LogP contribution in [0.3, 0.4) is 0 Å². The number of carbonyl (C=O) groups is 1. The van der Waals surface area contributed by atoms with Crippen LogP contribution in [-0.2, 0) is 4.79 Å². The molecule has 0 radical (unpaired) electrons. The van der Waals surface area contributed by atoms with Crippen LogP contribution in [0.25, 0.3) is 0 Å². The molecule has 0 rings (SSSR count). The lowest BCUT2D eigenvalue weighted by Crippen LogP contribution is -2.30. The van der Waals surface area contributed by atoms with E-state index in [0.717, 1.165) is 6.54 Å². The zero-order valence-corrected chi connectivity index (χ0v) is 7.75. The molecule has 2 N–H and O–H groups in total. The highest BCUT2D eigenvalue weighted by Gasteiger charge is 1.97. The Hall–Kier alpha value is -0.540. The van der Waals surface area contributed by atoms with Crippen molar-refractivity contribution in [3.63, 3.8) is 0 Å². The first-order chi connectivity index (χ1) is 4.68. The number of hydrogen-bond acceptors (Lipinski definition) is 2. The molecule has 0 saturated heterocycles. The first-order valence-electron chi connectivity index (χ1n) is 3.26. The summed E-state index contributed by atoms with van der Waals surface area (Å²) in [5.41, 5.74) is 0.552. The lowest BCUT2D eigenvalue weighted by molar-refractivity contribution is -0.117. The van der Waals surface area contributed by atoms with Gasteiger partial charge in [0.05, 0.1) is 0 Å². The SMILES string of the molecule is C=C(C)C(=O)NCCNC.Cl. The molecule has 0 aromatic rings. The van der Waals surface area contributed by atoms with Crippen LogP contribution in [-0.4, -0.2) is 26.0 Å². The molecule has 4 heteroatoms. The minimum absolute atomic E-state index is 0. The fourth-order valence-electron chi connectivity index (χ4n) is 0.452. The molecule has 0 heterocycles. The maximum atomic E-state index is 10.8. The van der Waals surface area contributed by atoms with Crippen molar-refractivity contribution >= 4 is 18.3 Å². The second-order valence-corrected chi connectivity index (χ2v) is 2.14. The summed E-state index contributed by atoms with van der Waals surface area (Å²) in [7, 11) is 1.84. The Morgan fingerprint density at radius 2 is 2.00 bits per heavy atom. The second kappa shape index (κ2) is 7.57. The fourth-order valence-corrected chi connectivity index (χ4v) is 0.452. The highest BCUT2D eigenvalue weighted by Crippen LogP contribution is 1.83. The van der Waals surface area contributed by atoms with Gasteiger partial charge in [-0.1, -0.05) is 6.58 Å². The van der Waals surface area contributed by atoms with E-state index in [1.165, 1.54) is 0 Å². The zero-order chi connectivity index (χ0) is 7.98. The normalized spacial score (nSPS) is 8.18. The molecule has 0 aromatic heterocycles. The highest BCUT2D eigenvalue weighted by atomic mass is 35.5. The van der Waals surface area contributed by atoms with Crippen molar-refractivity contribution in [2.75, 3.05) is 20.1 Å². The number of nitrogens with one attached hydrogen (secondary N) is 2. The lowest BCUT2D eigenvalue weighted by Gasteiger charge is -2.02. The summed E-state index contributed by atoms with van der Waals surface area (Å²) in [5.74, 6) is -0.0738. The second-order valence-electron chi connectivity index (χ2n) is 2.14. The maximum absolute atomic E-state index is 10.8. The van der Waals surface area contributed by atoms with Crippen LogP contribution < -0.4 is 10.6 Å². The van der Waals surface area contributed by atoms with E-state index in [1.807, 2.05) is 7.05 Å². The fraction of sp³-hybridized carbons (Fsp3) is 0.571. The van der Waals surface area contributed by atoms with E-state index in [4.69, 9.17) is 0 Å². The van der Waals surface area contributed by atoms with Crippen molar-refractivity contribution in [2.45, 2.75) is 6.92 Å². The van der Waals surface area contributed by atoms with E-state index < -0.39 is 0 Å². The smallest absolute Gasteiger partial charge is 0.246 e. The molecule has 11 heavy (non-hydrogen) atoms. The Labute approximate surface area is 73.7 Å². The van der Waals surface area contributed by atoms with Crippen LogP contribution in [0.4, 0.5) is 0 Å². The van der Waals surface area contributed by atoms with Gasteiger partial charge < -0.3 is 10.6 Å². The van der Waals surface area contributed by atoms with Crippen molar-refractivity contribution in [3.8, 4) is 0 Å². The molecule has 1 amide bonds. The average molecular weight is 179 g/mol. The topological polar surface area (TPSA) is 41.1 Å². The number of amides is 1. The minimum atomic E-state index is -0.0738. The third-order valence-corrected chi connectivity index (χ3v) is 1.05. The molecule has 0 atom stereocenters. The molecule has 3 nitrogen and oxygen atoms in total. The Morgan fingerprint density at radius 1 is 1.45 bits per heavy atom. The third kappa shape index (κ3) is 7.36. The molecule has 0 bridgehead atoms. The first-order valence-corrected chi connectivity index (χ1v) is 3.26. The summed E-state index contributed by atoms with van der Waals surface area (Å²) < 4.78 is 0. The van der Waals surface area contributed by atoms with Gasteiger partial charge in [0.1, 0.15) is 0 Å². The predicted molar refractivity (Wildman–Crippen MR) is 49.0 cm³/mol. The first kappa shape index (κ1) is 13.1. The third-order valence-electron chi connectivity index (χ3n) is 1.05. The van der Waals surface area contributed by atoms with Gasteiger partial charge >= 0.3 is 0 Å². The predicted octanol–water partition coefficient (Wildman–Crippen LogP) is 0.320. The van der Waals surface area contributed by atoms with E-state index >= 15 is 0 Å². The van der Waals surface area contributed by atoms with Crippen molar-refractivity contribution < 1.29 is 4.79 Å². The van der Waals surface area contributed by atoms with Gasteiger partial charge in [0.2, 0.25) is 5.91 Å². The molecular weight excluding hydrogens is 164 g/mol. The van der Waals surface area contributed by atoms with Crippen molar-refractivity contribution in [3.05, 3.63) is 12.2 Å². The van der Waals surface area contributed by atoms with E-state index in [2.05, 4.69) is 17.2 Å². The lowest BCUT2D eigenvalue weighted by atomic mass is 10.3. The zero-order valence-electron chi connectivity index (χ0n) is 6.94. The van der Waals surface area contributed by atoms with E-state index in [9.17, 15) is 4.79 Å². The van der Waals surface area contributed by atoms with E-state index in [0.29, 0.717) is 12.1 Å². The van der Waals surface area contributed by atoms with Crippen molar-refractivity contribution in [2.24, 2.45) is 0 Å². The van der Waals surface area contributed by atoms with E-state index in [-0.39, 0.29) is 18.3 Å². The molecule has 0 aliphatic carbocycles. The Kier molecular flexibility index (Phi) is 9.00. The number of likely N-dealkylation sites (N-methyl/N-ethyl adjacent to an activating group) is 1.